The Bertz CT molecular complexity index is 450. The molecule has 0 bridgehead atoms. The van der Waals surface area contributed by atoms with Crippen LogP contribution in [-0.4, -0.2) is 37.7 Å². The molecule has 1 atom stereocenters. The molecule has 18 heavy (non-hydrogen) atoms. The second-order valence-electron chi connectivity index (χ2n) is 4.60. The van der Waals surface area contributed by atoms with Crippen molar-refractivity contribution in [3.63, 3.8) is 0 Å². The molecule has 2 rings (SSSR count). The van der Waals surface area contributed by atoms with Crippen molar-refractivity contribution in [3.8, 4) is 6.07 Å². The van der Waals surface area contributed by atoms with E-state index in [1.54, 1.807) is 19.1 Å². The summed E-state index contributed by atoms with van der Waals surface area (Å²) in [5, 5.41) is 9.27. The number of nitriles is 1. The minimum atomic E-state index is -0.221. The normalized spacial score (nSPS) is 18.3. The van der Waals surface area contributed by atoms with Crippen LogP contribution in [0.5, 0.6) is 0 Å². The van der Waals surface area contributed by atoms with Gasteiger partial charge in [-0.15, -0.1) is 0 Å². The summed E-state index contributed by atoms with van der Waals surface area (Å²) in [6, 6.07) is 7.22. The number of benzene rings is 1. The zero-order chi connectivity index (χ0) is 13.0. The second-order valence-corrected chi connectivity index (χ2v) is 4.60. The van der Waals surface area contributed by atoms with Crippen molar-refractivity contribution >= 4 is 0 Å². The van der Waals surface area contributed by atoms with Gasteiger partial charge in [-0.25, -0.2) is 4.39 Å². The smallest absolute Gasteiger partial charge is 0.126 e. The summed E-state index contributed by atoms with van der Waals surface area (Å²) in [5.74, 6) is -0.427. The van der Waals surface area contributed by atoms with Crippen LogP contribution >= 0.6 is 0 Å². The van der Waals surface area contributed by atoms with Crippen LogP contribution in [0.3, 0.4) is 0 Å². The van der Waals surface area contributed by atoms with Gasteiger partial charge in [0.15, 0.2) is 0 Å². The molecular weight excluding hydrogens is 231 g/mol. The van der Waals surface area contributed by atoms with Gasteiger partial charge in [-0.1, -0.05) is 12.1 Å². The molecule has 1 aromatic rings. The van der Waals surface area contributed by atoms with Gasteiger partial charge < -0.3 is 4.74 Å². The highest BCUT2D eigenvalue weighted by Crippen LogP contribution is 2.20. The molecule has 0 saturated carbocycles. The van der Waals surface area contributed by atoms with E-state index in [0.29, 0.717) is 12.1 Å². The third kappa shape index (κ3) is 3.06. The Hall–Kier alpha value is -1.44. The maximum absolute atomic E-state index is 13.2. The number of halogens is 1. The average Bonchev–Trinajstić information content (AvgIpc) is 2.40. The number of hydrogen-bond acceptors (Lipinski definition) is 3. The summed E-state index contributed by atoms with van der Waals surface area (Å²) in [7, 11) is 0. The Morgan fingerprint density at radius 3 is 2.78 bits per heavy atom. The van der Waals surface area contributed by atoms with E-state index in [4.69, 9.17) is 4.74 Å². The molecule has 0 aliphatic carbocycles. The van der Waals surface area contributed by atoms with E-state index in [2.05, 4.69) is 11.0 Å². The molecule has 0 amide bonds. The lowest BCUT2D eigenvalue weighted by atomic mass is 9.98. The van der Waals surface area contributed by atoms with Crippen molar-refractivity contribution in [1.82, 2.24) is 4.90 Å². The molecule has 1 unspecified atom stereocenters. The Labute approximate surface area is 107 Å². The second kappa shape index (κ2) is 5.94. The van der Waals surface area contributed by atoms with Gasteiger partial charge in [0, 0.05) is 19.6 Å². The van der Waals surface area contributed by atoms with Crippen LogP contribution in [0.4, 0.5) is 4.39 Å². The van der Waals surface area contributed by atoms with Crippen molar-refractivity contribution in [2.24, 2.45) is 0 Å². The first-order valence-electron chi connectivity index (χ1n) is 6.16. The van der Waals surface area contributed by atoms with E-state index < -0.39 is 0 Å². The van der Waals surface area contributed by atoms with Crippen molar-refractivity contribution in [2.75, 3.05) is 32.8 Å². The number of hydrogen-bond donors (Lipinski definition) is 0. The van der Waals surface area contributed by atoms with Gasteiger partial charge in [0.2, 0.25) is 0 Å². The van der Waals surface area contributed by atoms with Gasteiger partial charge in [-0.3, -0.25) is 4.90 Å². The van der Waals surface area contributed by atoms with E-state index in [-0.39, 0.29) is 11.7 Å². The molecule has 4 heteroatoms. The molecule has 1 aliphatic rings. The number of ether oxygens (including phenoxy) is 1. The van der Waals surface area contributed by atoms with Crippen LogP contribution in [0.1, 0.15) is 17.0 Å². The lowest BCUT2D eigenvalue weighted by Gasteiger charge is -2.28. The van der Waals surface area contributed by atoms with Gasteiger partial charge in [0.1, 0.15) is 5.82 Å². The molecule has 1 fully saturated rings. The first kappa shape index (κ1) is 13.0. The standard InChI is InChI=1S/C14H17FN2O/c1-11-8-12(2-3-14(11)15)13(9-16)10-17-4-6-18-7-5-17/h2-3,8,13H,4-7,10H2,1H3. The van der Waals surface area contributed by atoms with Crippen LogP contribution in [0.25, 0.3) is 0 Å². The lowest BCUT2D eigenvalue weighted by Crippen LogP contribution is -2.38. The fourth-order valence-corrected chi connectivity index (χ4v) is 2.15. The molecule has 96 valence electrons. The van der Waals surface area contributed by atoms with Gasteiger partial charge in [0.25, 0.3) is 0 Å². The molecule has 0 N–H and O–H groups in total. The first-order valence-corrected chi connectivity index (χ1v) is 6.16. The number of morpholine rings is 1. The van der Waals surface area contributed by atoms with Crippen molar-refractivity contribution < 1.29 is 9.13 Å². The topological polar surface area (TPSA) is 36.3 Å². The van der Waals surface area contributed by atoms with Crippen molar-refractivity contribution in [2.45, 2.75) is 12.8 Å². The summed E-state index contributed by atoms with van der Waals surface area (Å²) < 4.78 is 18.5. The quantitative estimate of drug-likeness (QED) is 0.821. The number of nitrogens with zero attached hydrogens (tertiary/aromatic N) is 2. The molecular formula is C14H17FN2O. The summed E-state index contributed by atoms with van der Waals surface area (Å²) in [4.78, 5) is 2.22. The van der Waals surface area contributed by atoms with Crippen LogP contribution in [0.15, 0.2) is 18.2 Å². The predicted molar refractivity (Wildman–Crippen MR) is 66.8 cm³/mol. The summed E-state index contributed by atoms with van der Waals surface area (Å²) in [6.07, 6.45) is 0. The minimum absolute atomic E-state index is 0.206. The van der Waals surface area contributed by atoms with E-state index >= 15 is 0 Å². The SMILES string of the molecule is Cc1cc(C(C#N)CN2CCOCC2)ccc1F. The molecule has 1 aliphatic heterocycles. The highest BCUT2D eigenvalue weighted by Gasteiger charge is 2.18. The van der Waals surface area contributed by atoms with E-state index in [1.165, 1.54) is 6.07 Å². The molecule has 3 nitrogen and oxygen atoms in total. The summed E-state index contributed by atoms with van der Waals surface area (Å²) in [5.41, 5.74) is 1.48. The molecule has 1 aromatic carbocycles. The zero-order valence-corrected chi connectivity index (χ0v) is 10.5. The highest BCUT2D eigenvalue weighted by molar-refractivity contribution is 5.30. The lowest BCUT2D eigenvalue weighted by molar-refractivity contribution is 0.0370. The fourth-order valence-electron chi connectivity index (χ4n) is 2.15. The molecule has 0 aromatic heterocycles. The monoisotopic (exact) mass is 248 g/mol. The van der Waals surface area contributed by atoms with Gasteiger partial charge in [-0.2, -0.15) is 5.26 Å². The molecule has 1 heterocycles. The Kier molecular flexibility index (Phi) is 4.29. The maximum Gasteiger partial charge on any atom is 0.126 e. The van der Waals surface area contributed by atoms with Crippen LogP contribution in [0.2, 0.25) is 0 Å². The van der Waals surface area contributed by atoms with Crippen molar-refractivity contribution in [1.29, 1.82) is 5.26 Å². The fraction of sp³-hybridized carbons (Fsp3) is 0.500. The largest absolute Gasteiger partial charge is 0.379 e. The first-order chi connectivity index (χ1) is 8.70. The van der Waals surface area contributed by atoms with E-state index in [0.717, 1.165) is 31.9 Å². The molecule has 0 radical (unpaired) electrons. The Balaban J connectivity index is 2.07. The number of aryl methyl sites for hydroxylation is 1. The Morgan fingerprint density at radius 2 is 2.17 bits per heavy atom. The molecule has 0 spiro atoms. The summed E-state index contributed by atoms with van der Waals surface area (Å²) in [6.45, 7) is 5.57. The molecule has 1 saturated heterocycles. The van der Waals surface area contributed by atoms with Crippen molar-refractivity contribution in [3.05, 3.63) is 35.1 Å². The third-order valence-electron chi connectivity index (χ3n) is 3.28. The van der Waals surface area contributed by atoms with Gasteiger partial charge in [0.05, 0.1) is 25.2 Å². The zero-order valence-electron chi connectivity index (χ0n) is 10.5. The third-order valence-corrected chi connectivity index (χ3v) is 3.28. The van der Waals surface area contributed by atoms with Gasteiger partial charge in [-0.05, 0) is 24.1 Å². The maximum atomic E-state index is 13.2. The summed E-state index contributed by atoms with van der Waals surface area (Å²) >= 11 is 0. The number of rotatable bonds is 3. The van der Waals surface area contributed by atoms with E-state index in [9.17, 15) is 9.65 Å². The average molecular weight is 248 g/mol. The van der Waals surface area contributed by atoms with Crippen LogP contribution < -0.4 is 0 Å². The van der Waals surface area contributed by atoms with Crippen LogP contribution in [-0.2, 0) is 4.74 Å². The van der Waals surface area contributed by atoms with E-state index in [1.807, 2.05) is 0 Å². The Morgan fingerprint density at radius 1 is 1.44 bits per heavy atom. The van der Waals surface area contributed by atoms with Gasteiger partial charge >= 0.3 is 0 Å². The minimum Gasteiger partial charge on any atom is -0.379 e. The van der Waals surface area contributed by atoms with Crippen LogP contribution in [0, 0.1) is 24.1 Å². The predicted octanol–water partition coefficient (Wildman–Crippen LogP) is 2.07. The highest BCUT2D eigenvalue weighted by atomic mass is 19.1.